The Hall–Kier alpha value is -1.74. The van der Waals surface area contributed by atoms with Crippen molar-refractivity contribution in [2.45, 2.75) is 5.44 Å². The van der Waals surface area contributed by atoms with Crippen LogP contribution in [0.3, 0.4) is 0 Å². The first-order valence-corrected chi connectivity index (χ1v) is 6.32. The summed E-state index contributed by atoms with van der Waals surface area (Å²) in [7, 11) is 0. The lowest BCUT2D eigenvalue weighted by Gasteiger charge is -2.06. The van der Waals surface area contributed by atoms with Crippen molar-refractivity contribution >= 4 is 16.8 Å². The molecule has 0 amide bonds. The van der Waals surface area contributed by atoms with Gasteiger partial charge in [0, 0.05) is 11.1 Å². The molecule has 2 aromatic carbocycles. The zero-order valence-electron chi connectivity index (χ0n) is 9.11. The largest absolute Gasteiger partial charge is 0.375 e. The number of nitrogens with zero attached hydrogens (tertiary/aromatic N) is 1. The fourth-order valence-corrected chi connectivity index (χ4v) is 2.62. The Labute approximate surface area is 104 Å². The Morgan fingerprint density at radius 2 is 1.53 bits per heavy atom. The van der Waals surface area contributed by atoms with E-state index >= 15 is 0 Å². The minimum absolute atomic E-state index is 0.0218. The van der Waals surface area contributed by atoms with E-state index in [0.717, 1.165) is 16.2 Å². The molecule has 0 N–H and O–H groups in total. The van der Waals surface area contributed by atoms with Crippen LogP contribution in [0.1, 0.15) is 16.6 Å². The van der Waals surface area contributed by atoms with Crippen molar-refractivity contribution in [2.24, 2.45) is 5.16 Å². The fourth-order valence-electron chi connectivity index (χ4n) is 1.68. The minimum Gasteiger partial charge on any atom is -0.375 e. The van der Waals surface area contributed by atoms with E-state index in [4.69, 9.17) is 4.84 Å². The summed E-state index contributed by atoms with van der Waals surface area (Å²) in [6.45, 7) is 0. The van der Waals surface area contributed by atoms with Crippen molar-refractivity contribution in [3.63, 3.8) is 0 Å². The highest BCUT2D eigenvalue weighted by Crippen LogP contribution is 2.38. The van der Waals surface area contributed by atoms with E-state index in [-0.39, 0.29) is 5.44 Å². The molecule has 0 aromatic heterocycles. The second-order valence-electron chi connectivity index (χ2n) is 3.73. The van der Waals surface area contributed by atoms with Gasteiger partial charge in [-0.2, -0.15) is 0 Å². The van der Waals surface area contributed by atoms with Crippen molar-refractivity contribution in [1.29, 1.82) is 0 Å². The third kappa shape index (κ3) is 2.19. The van der Waals surface area contributed by atoms with E-state index in [1.807, 2.05) is 48.5 Å². The van der Waals surface area contributed by atoms with Crippen LogP contribution in [0.5, 0.6) is 0 Å². The van der Waals surface area contributed by atoms with Gasteiger partial charge in [0.25, 0.3) is 0 Å². The van der Waals surface area contributed by atoms with Gasteiger partial charge in [-0.3, -0.25) is 0 Å². The molecule has 1 heterocycles. The summed E-state index contributed by atoms with van der Waals surface area (Å²) >= 11 is 1.64. The summed E-state index contributed by atoms with van der Waals surface area (Å²) in [6, 6.07) is 20.2. The van der Waals surface area contributed by atoms with Gasteiger partial charge in [0.15, 0.2) is 0 Å². The van der Waals surface area contributed by atoms with Gasteiger partial charge in [-0.25, -0.2) is 0 Å². The predicted molar refractivity (Wildman–Crippen MR) is 70.8 cm³/mol. The number of hydrogen-bond acceptors (Lipinski definition) is 3. The first-order valence-electron chi connectivity index (χ1n) is 5.44. The summed E-state index contributed by atoms with van der Waals surface area (Å²) in [5.41, 5.74) is 2.23. The van der Waals surface area contributed by atoms with Gasteiger partial charge in [-0.15, -0.1) is 0 Å². The number of oxime groups is 1. The average Bonchev–Trinajstić information content (AvgIpc) is 2.90. The standard InChI is InChI=1S/C14H11NOS/c1-3-7-11(8-4-1)13-15-16-14(17-13)12-9-5-2-6-10-12/h1-10,14H/t14-/m0/s1. The minimum atomic E-state index is -0.0218. The number of rotatable bonds is 2. The monoisotopic (exact) mass is 241 g/mol. The van der Waals surface area contributed by atoms with E-state index in [0.29, 0.717) is 0 Å². The third-order valence-electron chi connectivity index (χ3n) is 2.54. The maximum absolute atomic E-state index is 5.46. The average molecular weight is 241 g/mol. The zero-order valence-corrected chi connectivity index (χ0v) is 9.93. The third-order valence-corrected chi connectivity index (χ3v) is 3.65. The molecule has 1 aliphatic rings. The van der Waals surface area contributed by atoms with Crippen molar-refractivity contribution in [3.05, 3.63) is 71.8 Å². The van der Waals surface area contributed by atoms with E-state index in [9.17, 15) is 0 Å². The lowest BCUT2D eigenvalue weighted by atomic mass is 10.2. The van der Waals surface area contributed by atoms with Crippen LogP contribution in [0, 0.1) is 0 Å². The highest BCUT2D eigenvalue weighted by molar-refractivity contribution is 8.14. The molecule has 0 aliphatic carbocycles. The molecule has 0 unspecified atom stereocenters. The molecule has 1 atom stereocenters. The Morgan fingerprint density at radius 1 is 0.882 bits per heavy atom. The van der Waals surface area contributed by atoms with Crippen LogP contribution in [0.2, 0.25) is 0 Å². The predicted octanol–water partition coefficient (Wildman–Crippen LogP) is 3.81. The van der Waals surface area contributed by atoms with Crippen LogP contribution in [0.15, 0.2) is 65.8 Å². The van der Waals surface area contributed by atoms with Crippen LogP contribution in [-0.2, 0) is 4.84 Å². The second kappa shape index (κ2) is 4.63. The molecule has 17 heavy (non-hydrogen) atoms. The van der Waals surface area contributed by atoms with Crippen LogP contribution < -0.4 is 0 Å². The lowest BCUT2D eigenvalue weighted by Crippen LogP contribution is -1.93. The number of hydrogen-bond donors (Lipinski definition) is 0. The Morgan fingerprint density at radius 3 is 2.24 bits per heavy atom. The highest BCUT2D eigenvalue weighted by atomic mass is 32.2. The Balaban J connectivity index is 1.78. The molecule has 0 fully saturated rings. The van der Waals surface area contributed by atoms with Gasteiger partial charge < -0.3 is 4.84 Å². The number of benzene rings is 2. The number of thioether (sulfide) groups is 1. The van der Waals surface area contributed by atoms with Gasteiger partial charge in [0.1, 0.15) is 5.04 Å². The summed E-state index contributed by atoms with van der Waals surface area (Å²) in [6.07, 6.45) is 0. The van der Waals surface area contributed by atoms with Crippen molar-refractivity contribution < 1.29 is 4.84 Å². The quantitative estimate of drug-likeness (QED) is 0.797. The molecule has 2 nitrogen and oxygen atoms in total. The molecule has 3 heteroatoms. The van der Waals surface area contributed by atoms with Gasteiger partial charge >= 0.3 is 0 Å². The van der Waals surface area contributed by atoms with E-state index < -0.39 is 0 Å². The van der Waals surface area contributed by atoms with E-state index in [2.05, 4.69) is 17.3 Å². The summed E-state index contributed by atoms with van der Waals surface area (Å²) in [5.74, 6) is 0. The summed E-state index contributed by atoms with van der Waals surface area (Å²) in [5, 5.41) is 5.09. The fraction of sp³-hybridized carbons (Fsp3) is 0.0714. The normalized spacial score (nSPS) is 18.6. The maximum atomic E-state index is 5.46. The van der Waals surface area contributed by atoms with Gasteiger partial charge in [-0.1, -0.05) is 77.6 Å². The first-order chi connectivity index (χ1) is 8.43. The van der Waals surface area contributed by atoms with E-state index in [1.165, 1.54) is 0 Å². The molecule has 0 spiro atoms. The molecule has 1 aliphatic heterocycles. The maximum Gasteiger partial charge on any atom is 0.204 e. The van der Waals surface area contributed by atoms with Gasteiger partial charge in [-0.05, 0) is 0 Å². The second-order valence-corrected chi connectivity index (χ2v) is 4.78. The molecule has 0 bridgehead atoms. The topological polar surface area (TPSA) is 21.6 Å². The van der Waals surface area contributed by atoms with Crippen LogP contribution in [0.25, 0.3) is 0 Å². The van der Waals surface area contributed by atoms with Gasteiger partial charge in [0.05, 0.1) is 0 Å². The Kier molecular flexibility index (Phi) is 2.84. The van der Waals surface area contributed by atoms with Crippen molar-refractivity contribution in [1.82, 2.24) is 0 Å². The molecule has 0 radical (unpaired) electrons. The van der Waals surface area contributed by atoms with Crippen LogP contribution in [0.4, 0.5) is 0 Å². The molecule has 0 saturated carbocycles. The first kappa shape index (κ1) is 10.4. The van der Waals surface area contributed by atoms with Crippen molar-refractivity contribution in [2.75, 3.05) is 0 Å². The van der Waals surface area contributed by atoms with Crippen LogP contribution >= 0.6 is 11.8 Å². The van der Waals surface area contributed by atoms with E-state index in [1.54, 1.807) is 11.8 Å². The summed E-state index contributed by atoms with van der Waals surface area (Å²) < 4.78 is 0. The summed E-state index contributed by atoms with van der Waals surface area (Å²) in [4.78, 5) is 5.46. The lowest BCUT2D eigenvalue weighted by molar-refractivity contribution is 0.131. The SMILES string of the molecule is c1ccc(C2=NO[C@H](c3ccccc3)S2)cc1. The molecule has 84 valence electrons. The van der Waals surface area contributed by atoms with Crippen LogP contribution in [-0.4, -0.2) is 5.04 Å². The zero-order chi connectivity index (χ0) is 11.5. The van der Waals surface area contributed by atoms with Crippen molar-refractivity contribution in [3.8, 4) is 0 Å². The highest BCUT2D eigenvalue weighted by Gasteiger charge is 2.24. The van der Waals surface area contributed by atoms with Gasteiger partial charge in [0.2, 0.25) is 5.44 Å². The molecule has 3 rings (SSSR count). The Bertz CT molecular complexity index is 524. The molecule has 2 aromatic rings. The molecular weight excluding hydrogens is 230 g/mol. The smallest absolute Gasteiger partial charge is 0.204 e. The molecule has 0 saturated heterocycles. The molecular formula is C14H11NOS.